The lowest BCUT2D eigenvalue weighted by Gasteiger charge is -2.06. The summed E-state index contributed by atoms with van der Waals surface area (Å²) in [6.45, 7) is 6.40. The number of aryl methyl sites for hydroxylation is 1. The van der Waals surface area contributed by atoms with Gasteiger partial charge in [-0.1, -0.05) is 55.8 Å². The molecule has 0 fully saturated rings. The lowest BCUT2D eigenvalue weighted by molar-refractivity contribution is 0.867. The van der Waals surface area contributed by atoms with E-state index in [0.717, 1.165) is 22.0 Å². The van der Waals surface area contributed by atoms with E-state index in [0.29, 0.717) is 11.5 Å². The van der Waals surface area contributed by atoms with Crippen LogP contribution in [-0.2, 0) is 0 Å². The Bertz CT molecular complexity index is 942. The van der Waals surface area contributed by atoms with Gasteiger partial charge >= 0.3 is 0 Å². The highest BCUT2D eigenvalue weighted by atomic mass is 32.1. The molecule has 0 aliphatic carbocycles. The first-order valence-electron chi connectivity index (χ1n) is 8.56. The maximum Gasteiger partial charge on any atom is 0.136 e. The molecule has 0 spiro atoms. The molecule has 3 nitrogen and oxygen atoms in total. The molecule has 0 saturated heterocycles. The van der Waals surface area contributed by atoms with E-state index in [9.17, 15) is 5.26 Å². The Morgan fingerprint density at radius 3 is 2.42 bits per heavy atom. The van der Waals surface area contributed by atoms with E-state index in [1.165, 1.54) is 22.5 Å². The highest BCUT2D eigenvalue weighted by molar-refractivity contribution is 7.11. The maximum absolute atomic E-state index is 9.50. The molecule has 3 aromatic rings. The van der Waals surface area contributed by atoms with Gasteiger partial charge in [0.1, 0.15) is 16.6 Å². The number of aromatic nitrogens is 1. The Labute approximate surface area is 158 Å². The molecule has 0 unspecified atom stereocenters. The molecule has 1 aromatic heterocycles. The minimum atomic E-state index is 0.504. The first kappa shape index (κ1) is 17.9. The third kappa shape index (κ3) is 4.19. The molecule has 0 amide bonds. The van der Waals surface area contributed by atoms with Crippen molar-refractivity contribution in [2.45, 2.75) is 26.7 Å². The molecule has 1 heterocycles. The second-order valence-corrected chi connectivity index (χ2v) is 7.35. The lowest BCUT2D eigenvalue weighted by atomic mass is 10.0. The molecular weight excluding hydrogens is 338 g/mol. The van der Waals surface area contributed by atoms with Crippen LogP contribution < -0.4 is 5.32 Å². The summed E-state index contributed by atoms with van der Waals surface area (Å²) < 4.78 is 0. The van der Waals surface area contributed by atoms with Gasteiger partial charge in [0.2, 0.25) is 0 Å². The second-order valence-electron chi connectivity index (χ2n) is 6.49. The molecule has 0 aliphatic rings. The van der Waals surface area contributed by atoms with Crippen molar-refractivity contribution in [3.05, 3.63) is 76.2 Å². The smallest absolute Gasteiger partial charge is 0.136 e. The molecule has 1 N–H and O–H groups in total. The van der Waals surface area contributed by atoms with Gasteiger partial charge in [-0.25, -0.2) is 4.98 Å². The van der Waals surface area contributed by atoms with Gasteiger partial charge in [0.05, 0.1) is 5.69 Å². The number of hydrogen-bond acceptors (Lipinski definition) is 4. The fourth-order valence-electron chi connectivity index (χ4n) is 2.52. The third-order valence-electron chi connectivity index (χ3n) is 4.16. The van der Waals surface area contributed by atoms with Gasteiger partial charge in [0, 0.05) is 22.8 Å². The number of benzene rings is 2. The van der Waals surface area contributed by atoms with E-state index in [2.05, 4.69) is 73.5 Å². The van der Waals surface area contributed by atoms with Crippen molar-refractivity contribution in [3.8, 4) is 17.3 Å². The van der Waals surface area contributed by atoms with Crippen LogP contribution in [0.2, 0.25) is 0 Å². The Kier molecular flexibility index (Phi) is 5.50. The molecule has 0 aliphatic heterocycles. The van der Waals surface area contributed by atoms with Crippen molar-refractivity contribution in [1.29, 1.82) is 5.26 Å². The Balaban J connectivity index is 1.77. The van der Waals surface area contributed by atoms with Gasteiger partial charge in [0.15, 0.2) is 0 Å². The zero-order valence-electron chi connectivity index (χ0n) is 15.2. The minimum Gasteiger partial charge on any atom is -0.360 e. The molecule has 26 heavy (non-hydrogen) atoms. The van der Waals surface area contributed by atoms with Crippen molar-refractivity contribution in [2.75, 3.05) is 5.32 Å². The van der Waals surface area contributed by atoms with Gasteiger partial charge in [-0.15, -0.1) is 11.3 Å². The number of nitrogens with zero attached hydrogens (tertiary/aromatic N) is 2. The second kappa shape index (κ2) is 7.99. The van der Waals surface area contributed by atoms with Gasteiger partial charge in [-0.3, -0.25) is 0 Å². The average Bonchev–Trinajstić information content (AvgIpc) is 3.13. The van der Waals surface area contributed by atoms with Crippen LogP contribution >= 0.6 is 11.3 Å². The number of rotatable bonds is 5. The van der Waals surface area contributed by atoms with E-state index in [-0.39, 0.29) is 0 Å². The zero-order valence-corrected chi connectivity index (χ0v) is 16.0. The number of nitriles is 1. The number of allylic oxidation sites excluding steroid dienone is 1. The van der Waals surface area contributed by atoms with Crippen LogP contribution in [-0.4, -0.2) is 4.98 Å². The number of thiazole rings is 1. The molecule has 0 radical (unpaired) electrons. The molecule has 4 heteroatoms. The van der Waals surface area contributed by atoms with Gasteiger partial charge in [-0.2, -0.15) is 5.26 Å². The Hall–Kier alpha value is -2.90. The minimum absolute atomic E-state index is 0.504. The van der Waals surface area contributed by atoms with Crippen molar-refractivity contribution in [3.63, 3.8) is 0 Å². The molecular formula is C22H21N3S. The fourth-order valence-corrected chi connectivity index (χ4v) is 3.31. The standard InChI is InChI=1S/C22H21N3S/c1-15(2)17-8-10-20(11-9-17)24-13-19(12-23)22-25-21(14-26-22)18-6-4-16(3)5-7-18/h4-11,13-15,24H,1-3H3. The van der Waals surface area contributed by atoms with Crippen LogP contribution in [0.15, 0.2) is 60.1 Å². The van der Waals surface area contributed by atoms with Gasteiger partial charge in [-0.05, 0) is 30.5 Å². The summed E-state index contributed by atoms with van der Waals surface area (Å²) in [4.78, 5) is 4.62. The molecule has 2 aromatic carbocycles. The molecule has 0 atom stereocenters. The number of nitrogens with one attached hydrogen (secondary N) is 1. The zero-order chi connectivity index (χ0) is 18.5. The molecule has 3 rings (SSSR count). The van der Waals surface area contributed by atoms with Crippen LogP contribution in [0, 0.1) is 18.3 Å². The van der Waals surface area contributed by atoms with E-state index in [4.69, 9.17) is 0 Å². The number of hydrogen-bond donors (Lipinski definition) is 1. The SMILES string of the molecule is Cc1ccc(-c2csc(C(C#N)=CNc3ccc(C(C)C)cc3)n2)cc1. The first-order valence-corrected chi connectivity index (χ1v) is 9.44. The fraction of sp³-hybridized carbons (Fsp3) is 0.182. The van der Waals surface area contributed by atoms with Crippen molar-refractivity contribution in [2.24, 2.45) is 0 Å². The highest BCUT2D eigenvalue weighted by Gasteiger charge is 2.09. The Morgan fingerprint density at radius 1 is 1.12 bits per heavy atom. The largest absolute Gasteiger partial charge is 0.360 e. The summed E-state index contributed by atoms with van der Waals surface area (Å²) in [5.74, 6) is 0.504. The predicted molar refractivity (Wildman–Crippen MR) is 110 cm³/mol. The maximum atomic E-state index is 9.50. The summed E-state index contributed by atoms with van der Waals surface area (Å²) in [5, 5.41) is 15.4. The monoisotopic (exact) mass is 359 g/mol. The molecule has 0 saturated carbocycles. The van der Waals surface area contributed by atoms with Crippen LogP contribution in [0.4, 0.5) is 5.69 Å². The van der Waals surface area contributed by atoms with E-state index >= 15 is 0 Å². The van der Waals surface area contributed by atoms with Crippen molar-refractivity contribution >= 4 is 22.6 Å². The van der Waals surface area contributed by atoms with Crippen LogP contribution in [0.3, 0.4) is 0 Å². The summed E-state index contributed by atoms with van der Waals surface area (Å²) in [5.41, 5.74) is 5.95. The van der Waals surface area contributed by atoms with Crippen molar-refractivity contribution in [1.82, 2.24) is 4.98 Å². The number of anilines is 1. The summed E-state index contributed by atoms with van der Waals surface area (Å²) in [7, 11) is 0. The van der Waals surface area contributed by atoms with E-state index in [1.807, 2.05) is 17.5 Å². The van der Waals surface area contributed by atoms with E-state index < -0.39 is 0 Å². The lowest BCUT2D eigenvalue weighted by Crippen LogP contribution is -1.92. The predicted octanol–water partition coefficient (Wildman–Crippen LogP) is 6.22. The van der Waals surface area contributed by atoms with Crippen molar-refractivity contribution < 1.29 is 0 Å². The summed E-state index contributed by atoms with van der Waals surface area (Å²) in [6.07, 6.45) is 1.72. The topological polar surface area (TPSA) is 48.7 Å². The van der Waals surface area contributed by atoms with Crippen LogP contribution in [0.1, 0.15) is 35.9 Å². The van der Waals surface area contributed by atoms with Gasteiger partial charge < -0.3 is 5.32 Å². The highest BCUT2D eigenvalue weighted by Crippen LogP contribution is 2.26. The summed E-state index contributed by atoms with van der Waals surface area (Å²) in [6, 6.07) is 18.7. The van der Waals surface area contributed by atoms with E-state index in [1.54, 1.807) is 6.20 Å². The normalized spacial score (nSPS) is 11.4. The van der Waals surface area contributed by atoms with Crippen LogP contribution in [0.25, 0.3) is 16.8 Å². The van der Waals surface area contributed by atoms with Gasteiger partial charge in [0.25, 0.3) is 0 Å². The molecule has 130 valence electrons. The first-order chi connectivity index (χ1) is 12.6. The third-order valence-corrected chi connectivity index (χ3v) is 5.04. The average molecular weight is 359 g/mol. The molecule has 0 bridgehead atoms. The van der Waals surface area contributed by atoms with Crippen LogP contribution in [0.5, 0.6) is 0 Å². The quantitative estimate of drug-likeness (QED) is 0.550. The Morgan fingerprint density at radius 2 is 1.81 bits per heavy atom. The summed E-state index contributed by atoms with van der Waals surface area (Å²) >= 11 is 1.48.